The van der Waals surface area contributed by atoms with Crippen LogP contribution in [0.4, 0.5) is 0 Å². The molecule has 0 aliphatic heterocycles. The fourth-order valence-corrected chi connectivity index (χ4v) is 2.03. The summed E-state index contributed by atoms with van der Waals surface area (Å²) in [6.07, 6.45) is 0.579. The molecule has 0 heterocycles. The van der Waals surface area contributed by atoms with E-state index in [4.69, 9.17) is 5.11 Å². The minimum absolute atomic E-state index is 0.0355. The fraction of sp³-hybridized carbons (Fsp3) is 0.625. The van der Waals surface area contributed by atoms with E-state index < -0.39 is 0 Å². The molecule has 108 valence electrons. The Morgan fingerprint density at radius 2 is 1.89 bits per heavy atom. The Labute approximate surface area is 116 Å². The van der Waals surface area contributed by atoms with Crippen LogP contribution in [0.5, 0.6) is 0 Å². The van der Waals surface area contributed by atoms with Crippen molar-refractivity contribution in [3.63, 3.8) is 0 Å². The monoisotopic (exact) mass is 265 g/mol. The molecule has 0 bridgehead atoms. The largest absolute Gasteiger partial charge is 0.396 e. The molecule has 1 aromatic carbocycles. The number of benzene rings is 1. The van der Waals surface area contributed by atoms with Crippen molar-refractivity contribution in [3.8, 4) is 0 Å². The summed E-state index contributed by atoms with van der Waals surface area (Å²) in [5.74, 6) is 0. The number of aliphatic hydroxyl groups excluding tert-OH is 2. The minimum atomic E-state index is -0.0355. The molecule has 0 radical (unpaired) electrons. The first-order valence-electron chi connectivity index (χ1n) is 6.93. The number of hydrogen-bond donors (Lipinski definition) is 3. The van der Waals surface area contributed by atoms with E-state index in [1.165, 1.54) is 16.7 Å². The molecular formula is C16H27NO2. The molecule has 0 aromatic heterocycles. The van der Waals surface area contributed by atoms with Crippen molar-refractivity contribution in [2.45, 2.75) is 52.1 Å². The standard InChI is InChI=1S/C16H27NO2/c1-12-9-14(16(2,3)4)6-5-13(12)10-17-15(11-19)7-8-18/h5-6,9,15,17-19H,7-8,10-11H2,1-4H3. The molecule has 1 aromatic rings. The second kappa shape index (κ2) is 7.04. The third kappa shape index (κ3) is 4.94. The second-order valence-electron chi connectivity index (χ2n) is 6.16. The molecule has 0 spiro atoms. The smallest absolute Gasteiger partial charge is 0.0585 e. The highest BCUT2D eigenvalue weighted by atomic mass is 16.3. The van der Waals surface area contributed by atoms with E-state index in [1.54, 1.807) is 0 Å². The number of rotatable bonds is 6. The summed E-state index contributed by atoms with van der Waals surface area (Å²) in [4.78, 5) is 0. The fourth-order valence-electron chi connectivity index (χ4n) is 2.03. The summed E-state index contributed by atoms with van der Waals surface area (Å²) in [6, 6.07) is 6.52. The molecule has 0 aliphatic rings. The predicted octanol–water partition coefficient (Wildman–Crippen LogP) is 2.13. The first-order chi connectivity index (χ1) is 8.88. The van der Waals surface area contributed by atoms with Gasteiger partial charge in [-0.25, -0.2) is 0 Å². The number of aryl methyl sites for hydroxylation is 1. The van der Waals surface area contributed by atoms with Gasteiger partial charge in [0, 0.05) is 19.2 Å². The molecule has 0 aliphatic carbocycles. The van der Waals surface area contributed by atoms with Crippen LogP contribution in [-0.2, 0) is 12.0 Å². The lowest BCUT2D eigenvalue weighted by atomic mass is 9.85. The first kappa shape index (κ1) is 16.2. The molecule has 3 nitrogen and oxygen atoms in total. The molecule has 0 saturated carbocycles. The van der Waals surface area contributed by atoms with Crippen LogP contribution in [0.2, 0.25) is 0 Å². The van der Waals surface area contributed by atoms with Gasteiger partial charge in [0.05, 0.1) is 6.61 Å². The average Bonchev–Trinajstić information content (AvgIpc) is 2.34. The quantitative estimate of drug-likeness (QED) is 0.738. The number of aliphatic hydroxyl groups is 2. The van der Waals surface area contributed by atoms with Crippen molar-refractivity contribution in [3.05, 3.63) is 34.9 Å². The maximum Gasteiger partial charge on any atom is 0.0585 e. The molecule has 0 amide bonds. The molecule has 0 fully saturated rings. The van der Waals surface area contributed by atoms with Crippen LogP contribution in [0.15, 0.2) is 18.2 Å². The van der Waals surface area contributed by atoms with Crippen molar-refractivity contribution in [2.24, 2.45) is 0 Å². The van der Waals surface area contributed by atoms with Gasteiger partial charge in [-0.05, 0) is 35.4 Å². The summed E-state index contributed by atoms with van der Waals surface area (Å²) in [5.41, 5.74) is 4.01. The van der Waals surface area contributed by atoms with Gasteiger partial charge in [0.1, 0.15) is 0 Å². The first-order valence-corrected chi connectivity index (χ1v) is 6.93. The Balaban J connectivity index is 2.70. The van der Waals surface area contributed by atoms with Crippen molar-refractivity contribution in [2.75, 3.05) is 13.2 Å². The van der Waals surface area contributed by atoms with Gasteiger partial charge in [-0.1, -0.05) is 39.0 Å². The van der Waals surface area contributed by atoms with Crippen LogP contribution < -0.4 is 5.32 Å². The zero-order valence-electron chi connectivity index (χ0n) is 12.5. The van der Waals surface area contributed by atoms with Gasteiger partial charge >= 0.3 is 0 Å². The number of nitrogens with one attached hydrogen (secondary N) is 1. The maximum absolute atomic E-state index is 9.18. The van der Waals surface area contributed by atoms with Crippen molar-refractivity contribution < 1.29 is 10.2 Å². The van der Waals surface area contributed by atoms with Crippen molar-refractivity contribution >= 4 is 0 Å². The maximum atomic E-state index is 9.18. The molecule has 3 heteroatoms. The summed E-state index contributed by atoms with van der Waals surface area (Å²) in [7, 11) is 0. The normalized spacial score (nSPS) is 13.6. The molecule has 1 unspecified atom stereocenters. The summed E-state index contributed by atoms with van der Waals surface area (Å²) in [6.45, 7) is 9.63. The molecule has 3 N–H and O–H groups in total. The van der Waals surface area contributed by atoms with E-state index in [1.807, 2.05) is 0 Å². The number of hydrogen-bond acceptors (Lipinski definition) is 3. The van der Waals surface area contributed by atoms with E-state index in [0.717, 1.165) is 6.54 Å². The SMILES string of the molecule is Cc1cc(C(C)(C)C)ccc1CNC(CO)CCO. The summed E-state index contributed by atoms with van der Waals surface area (Å²) < 4.78 is 0. The lowest BCUT2D eigenvalue weighted by molar-refractivity contribution is 0.200. The second-order valence-corrected chi connectivity index (χ2v) is 6.16. The van der Waals surface area contributed by atoms with Gasteiger partial charge in [0.2, 0.25) is 0 Å². The summed E-state index contributed by atoms with van der Waals surface area (Å²) in [5, 5.41) is 21.4. The summed E-state index contributed by atoms with van der Waals surface area (Å²) >= 11 is 0. The molecule has 0 saturated heterocycles. The van der Waals surface area contributed by atoms with Crippen LogP contribution in [0.3, 0.4) is 0 Å². The van der Waals surface area contributed by atoms with Gasteiger partial charge in [-0.2, -0.15) is 0 Å². The molecule has 1 atom stereocenters. The van der Waals surface area contributed by atoms with Crippen LogP contribution in [0.25, 0.3) is 0 Å². The Morgan fingerprint density at radius 1 is 1.21 bits per heavy atom. The van der Waals surface area contributed by atoms with Gasteiger partial charge in [0.25, 0.3) is 0 Å². The van der Waals surface area contributed by atoms with Gasteiger partial charge in [0.15, 0.2) is 0 Å². The van der Waals surface area contributed by atoms with Crippen molar-refractivity contribution in [1.82, 2.24) is 5.32 Å². The zero-order chi connectivity index (χ0) is 14.5. The van der Waals surface area contributed by atoms with E-state index in [2.05, 4.69) is 51.2 Å². The van der Waals surface area contributed by atoms with Crippen LogP contribution >= 0.6 is 0 Å². The van der Waals surface area contributed by atoms with E-state index >= 15 is 0 Å². The Kier molecular flexibility index (Phi) is 5.98. The van der Waals surface area contributed by atoms with Crippen molar-refractivity contribution in [1.29, 1.82) is 0 Å². The van der Waals surface area contributed by atoms with Gasteiger partial charge < -0.3 is 15.5 Å². The van der Waals surface area contributed by atoms with E-state index in [-0.39, 0.29) is 24.7 Å². The highest BCUT2D eigenvalue weighted by molar-refractivity contribution is 5.34. The van der Waals surface area contributed by atoms with Crippen LogP contribution in [0.1, 0.15) is 43.9 Å². The van der Waals surface area contributed by atoms with Gasteiger partial charge in [-0.15, -0.1) is 0 Å². The van der Waals surface area contributed by atoms with Crippen LogP contribution in [-0.4, -0.2) is 29.5 Å². The molecule has 1 rings (SSSR count). The average molecular weight is 265 g/mol. The Morgan fingerprint density at radius 3 is 2.37 bits per heavy atom. The highest BCUT2D eigenvalue weighted by Crippen LogP contribution is 2.24. The predicted molar refractivity (Wildman–Crippen MR) is 79.3 cm³/mol. The molecular weight excluding hydrogens is 238 g/mol. The third-order valence-electron chi connectivity index (χ3n) is 3.49. The third-order valence-corrected chi connectivity index (χ3v) is 3.49. The lowest BCUT2D eigenvalue weighted by Crippen LogP contribution is -2.33. The zero-order valence-corrected chi connectivity index (χ0v) is 12.5. The van der Waals surface area contributed by atoms with E-state index in [9.17, 15) is 5.11 Å². The Bertz CT molecular complexity index is 396. The van der Waals surface area contributed by atoms with Gasteiger partial charge in [-0.3, -0.25) is 0 Å². The topological polar surface area (TPSA) is 52.5 Å². The minimum Gasteiger partial charge on any atom is -0.396 e. The van der Waals surface area contributed by atoms with E-state index in [0.29, 0.717) is 6.42 Å². The highest BCUT2D eigenvalue weighted by Gasteiger charge is 2.14. The molecule has 19 heavy (non-hydrogen) atoms. The van der Waals surface area contributed by atoms with Crippen LogP contribution in [0, 0.1) is 6.92 Å². The Hall–Kier alpha value is -0.900. The lowest BCUT2D eigenvalue weighted by Gasteiger charge is -2.21.